The van der Waals surface area contributed by atoms with Gasteiger partial charge in [0, 0.05) is 12.2 Å². The van der Waals surface area contributed by atoms with Crippen molar-refractivity contribution >= 4 is 20.0 Å². The number of sulfone groups is 1. The van der Waals surface area contributed by atoms with Crippen LogP contribution in [0, 0.1) is 5.92 Å². The lowest BCUT2D eigenvalue weighted by molar-refractivity contribution is 0.240. The first-order chi connectivity index (χ1) is 6.61. The molecule has 90 valence electrons. The molecule has 0 aliphatic heterocycles. The lowest BCUT2D eigenvalue weighted by Crippen LogP contribution is -2.47. The molecular formula is C7H13FO5S2. The van der Waals surface area contributed by atoms with Crippen molar-refractivity contribution in [2.24, 2.45) is 5.92 Å². The molecule has 0 aromatic carbocycles. The van der Waals surface area contributed by atoms with Crippen LogP contribution >= 0.6 is 0 Å². The highest BCUT2D eigenvalue weighted by atomic mass is 32.3. The fourth-order valence-electron chi connectivity index (χ4n) is 1.98. The van der Waals surface area contributed by atoms with Crippen LogP contribution in [0.4, 0.5) is 4.39 Å². The van der Waals surface area contributed by atoms with Crippen molar-refractivity contribution in [1.29, 1.82) is 0 Å². The van der Waals surface area contributed by atoms with Gasteiger partial charge in [-0.15, -0.1) is 0 Å². The quantitative estimate of drug-likeness (QED) is 0.756. The third-order valence-corrected chi connectivity index (χ3v) is 6.62. The third kappa shape index (κ3) is 2.02. The third-order valence-electron chi connectivity index (χ3n) is 2.70. The largest absolute Gasteiger partial charge is 0.335 e. The van der Waals surface area contributed by atoms with E-state index in [1.807, 2.05) is 0 Å². The average molecular weight is 260 g/mol. The first-order valence-corrected chi connectivity index (χ1v) is 7.79. The molecule has 0 spiro atoms. The van der Waals surface area contributed by atoms with E-state index >= 15 is 0 Å². The van der Waals surface area contributed by atoms with Crippen molar-refractivity contribution in [3.63, 3.8) is 0 Å². The van der Waals surface area contributed by atoms with Crippen LogP contribution in [-0.2, 0) is 20.0 Å². The number of hydrogen-bond donors (Lipinski definition) is 1. The van der Waals surface area contributed by atoms with Crippen molar-refractivity contribution in [2.45, 2.75) is 30.0 Å². The molecule has 1 atom stereocenters. The van der Waals surface area contributed by atoms with Gasteiger partial charge in [0.15, 0.2) is 9.84 Å². The maximum absolute atomic E-state index is 14.1. The highest BCUT2D eigenvalue weighted by molar-refractivity contribution is 8.07. The molecule has 0 heterocycles. The normalized spacial score (nSPS) is 23.9. The second kappa shape index (κ2) is 3.67. The molecule has 1 rings (SSSR count). The monoisotopic (exact) mass is 260 g/mol. The summed E-state index contributed by atoms with van der Waals surface area (Å²) >= 11 is 0. The molecular weight excluding hydrogens is 247 g/mol. The molecule has 1 saturated carbocycles. The van der Waals surface area contributed by atoms with Crippen LogP contribution in [0.2, 0.25) is 0 Å². The minimum absolute atomic E-state index is 0.156. The highest BCUT2D eigenvalue weighted by Gasteiger charge is 2.59. The molecule has 8 heteroatoms. The second-order valence-corrected chi connectivity index (χ2v) is 7.75. The molecule has 15 heavy (non-hydrogen) atoms. The van der Waals surface area contributed by atoms with Gasteiger partial charge in [-0.1, -0.05) is 12.8 Å². The van der Waals surface area contributed by atoms with E-state index < -0.39 is 30.2 Å². The van der Waals surface area contributed by atoms with Crippen molar-refractivity contribution in [3.8, 4) is 0 Å². The van der Waals surface area contributed by atoms with Gasteiger partial charge in [-0.3, -0.25) is 4.55 Å². The summed E-state index contributed by atoms with van der Waals surface area (Å²) < 4.78 is 63.4. The number of hydrogen-bond acceptors (Lipinski definition) is 4. The maximum Gasteiger partial charge on any atom is 0.335 e. The van der Waals surface area contributed by atoms with E-state index in [1.165, 1.54) is 0 Å². The number of rotatable bonds is 3. The van der Waals surface area contributed by atoms with Crippen molar-refractivity contribution in [2.75, 3.05) is 6.26 Å². The highest BCUT2D eigenvalue weighted by Crippen LogP contribution is 2.43. The Labute approximate surface area is 88.3 Å². The zero-order chi connectivity index (χ0) is 11.9. The molecule has 5 nitrogen and oxygen atoms in total. The average Bonchev–Trinajstić information content (AvgIpc) is 2.49. The summed E-state index contributed by atoms with van der Waals surface area (Å²) in [6, 6.07) is 0. The Morgan fingerprint density at radius 2 is 1.60 bits per heavy atom. The van der Waals surface area contributed by atoms with E-state index in [0.29, 0.717) is 19.1 Å². The molecule has 0 bridgehead atoms. The van der Waals surface area contributed by atoms with Gasteiger partial charge in [-0.25, -0.2) is 12.8 Å². The summed E-state index contributed by atoms with van der Waals surface area (Å²) in [4.78, 5) is 0. The van der Waals surface area contributed by atoms with Crippen LogP contribution in [0.1, 0.15) is 25.7 Å². The van der Waals surface area contributed by atoms with Crippen LogP contribution in [-0.4, -0.2) is 32.0 Å². The Hall–Kier alpha value is -0.210. The summed E-state index contributed by atoms with van der Waals surface area (Å²) in [7, 11) is -9.77. The van der Waals surface area contributed by atoms with Crippen LogP contribution in [0.15, 0.2) is 0 Å². The molecule has 1 N–H and O–H groups in total. The molecule has 1 aliphatic carbocycles. The van der Waals surface area contributed by atoms with Gasteiger partial charge in [-0.2, -0.15) is 8.42 Å². The van der Waals surface area contributed by atoms with Crippen molar-refractivity contribution < 1.29 is 25.8 Å². The zero-order valence-electron chi connectivity index (χ0n) is 8.18. The molecule has 0 aromatic heterocycles. The lowest BCUT2D eigenvalue weighted by Gasteiger charge is -2.25. The summed E-state index contributed by atoms with van der Waals surface area (Å²) in [5, 5.41) is 0. The molecule has 0 saturated heterocycles. The van der Waals surface area contributed by atoms with Crippen molar-refractivity contribution in [1.82, 2.24) is 0 Å². The van der Waals surface area contributed by atoms with E-state index in [9.17, 15) is 21.2 Å². The lowest BCUT2D eigenvalue weighted by atomic mass is 10.1. The molecule has 1 unspecified atom stereocenters. The Balaban J connectivity index is 3.31. The Morgan fingerprint density at radius 3 is 1.87 bits per heavy atom. The minimum atomic E-state index is -5.26. The van der Waals surface area contributed by atoms with Gasteiger partial charge in [0.25, 0.3) is 0 Å². The standard InChI is InChI=1S/C7H13FO5S2/c1-14(9,10)7(8,15(11,12)13)6-4-2-3-5-6/h6H,2-5H2,1H3,(H,11,12,13). The molecule has 1 aliphatic rings. The van der Waals surface area contributed by atoms with Gasteiger partial charge in [0.2, 0.25) is 0 Å². The smallest absolute Gasteiger partial charge is 0.282 e. The van der Waals surface area contributed by atoms with E-state index in [1.54, 1.807) is 0 Å². The van der Waals surface area contributed by atoms with Gasteiger partial charge in [0.05, 0.1) is 0 Å². The SMILES string of the molecule is CS(=O)(=O)C(F)(C1CCCC1)S(=O)(=O)O. The fraction of sp³-hybridized carbons (Fsp3) is 1.00. The fourth-order valence-corrected chi connectivity index (χ4v) is 5.00. The van der Waals surface area contributed by atoms with E-state index in [2.05, 4.69) is 0 Å². The van der Waals surface area contributed by atoms with Gasteiger partial charge in [0.1, 0.15) is 0 Å². The van der Waals surface area contributed by atoms with E-state index in [0.717, 1.165) is 0 Å². The van der Waals surface area contributed by atoms with Crippen LogP contribution in [0.3, 0.4) is 0 Å². The summed E-state index contributed by atoms with van der Waals surface area (Å²) in [6.07, 6.45) is 1.94. The molecule has 1 fully saturated rings. The Kier molecular flexibility index (Phi) is 3.15. The maximum atomic E-state index is 14.1. The Bertz CT molecular complexity index is 400. The van der Waals surface area contributed by atoms with E-state index in [-0.39, 0.29) is 12.8 Å². The van der Waals surface area contributed by atoms with Crippen LogP contribution in [0.25, 0.3) is 0 Å². The summed E-state index contributed by atoms with van der Waals surface area (Å²) in [5.74, 6) is -1.16. The first-order valence-electron chi connectivity index (χ1n) is 4.46. The molecule has 0 radical (unpaired) electrons. The Morgan fingerprint density at radius 1 is 1.20 bits per heavy atom. The minimum Gasteiger partial charge on any atom is -0.282 e. The van der Waals surface area contributed by atoms with Crippen LogP contribution in [0.5, 0.6) is 0 Å². The number of halogens is 1. The van der Waals surface area contributed by atoms with Gasteiger partial charge < -0.3 is 0 Å². The predicted octanol–water partition coefficient (Wildman–Crippen LogP) is 0.732. The topological polar surface area (TPSA) is 88.5 Å². The summed E-state index contributed by atoms with van der Waals surface area (Å²) in [5.41, 5.74) is 0. The first kappa shape index (κ1) is 12.9. The zero-order valence-corrected chi connectivity index (χ0v) is 9.81. The van der Waals surface area contributed by atoms with E-state index in [4.69, 9.17) is 4.55 Å². The predicted molar refractivity (Wildman–Crippen MR) is 52.2 cm³/mol. The molecule has 0 aromatic rings. The number of alkyl halides is 1. The van der Waals surface area contributed by atoms with Crippen LogP contribution < -0.4 is 0 Å². The second-order valence-electron chi connectivity index (χ2n) is 3.81. The van der Waals surface area contributed by atoms with Gasteiger partial charge >= 0.3 is 14.5 Å². The van der Waals surface area contributed by atoms with Crippen molar-refractivity contribution in [3.05, 3.63) is 0 Å². The summed E-state index contributed by atoms with van der Waals surface area (Å²) in [6.45, 7) is 0. The van der Waals surface area contributed by atoms with Gasteiger partial charge in [-0.05, 0) is 12.8 Å². The molecule has 0 amide bonds.